The molecule has 2 aliphatic heterocycles. The number of fused-ring (bicyclic) bond motifs is 6. The average molecular weight is 881 g/mol. The minimum atomic E-state index is -0.833. The summed E-state index contributed by atoms with van der Waals surface area (Å²) < 4.78 is 2.23. The number of aliphatic carboxylic acids is 2. The van der Waals surface area contributed by atoms with Gasteiger partial charge in [0.1, 0.15) is 6.42 Å². The molecule has 0 amide bonds. The molecule has 7 heteroatoms. The lowest BCUT2D eigenvalue weighted by Crippen LogP contribution is -2.34. The highest BCUT2D eigenvalue weighted by Gasteiger charge is 2.49. The fourth-order valence-corrected chi connectivity index (χ4v) is 11.3. The molecule has 0 radical (unpaired) electrons. The maximum atomic E-state index is 12.2. The maximum absolute atomic E-state index is 12.2. The van der Waals surface area contributed by atoms with Crippen LogP contribution < -0.4 is 4.90 Å². The number of carboxylic acids is 2. The van der Waals surface area contributed by atoms with Gasteiger partial charge < -0.3 is 15.1 Å². The normalized spacial score (nSPS) is 20.8. The quantitative estimate of drug-likeness (QED) is 0.113. The molecule has 2 atom stereocenters. The summed E-state index contributed by atoms with van der Waals surface area (Å²) >= 11 is 7.51. The molecule has 2 heterocycles. The van der Waals surface area contributed by atoms with E-state index in [1.54, 1.807) is 0 Å². The van der Waals surface area contributed by atoms with Crippen LogP contribution in [0.1, 0.15) is 79.3 Å². The molecule has 0 saturated carbocycles. The largest absolute Gasteiger partial charge is 0.481 e. The number of hydrogen-bond acceptors (Lipinski definition) is 3. The fourth-order valence-electron chi connectivity index (χ4n) is 11.0. The number of anilines is 1. The van der Waals surface area contributed by atoms with Gasteiger partial charge >= 0.3 is 11.9 Å². The minimum absolute atomic E-state index is 0.000956. The molecular weight excluding hydrogens is 824 g/mol. The van der Waals surface area contributed by atoms with Gasteiger partial charge in [-0.3, -0.25) is 9.59 Å². The van der Waals surface area contributed by atoms with Crippen LogP contribution in [0.4, 0.5) is 11.4 Å². The first kappa shape index (κ1) is 43.7. The number of carbonyl (C=O) groups is 2. The van der Waals surface area contributed by atoms with Crippen LogP contribution in [-0.2, 0) is 33.3 Å². The molecule has 6 nitrogen and oxygen atoms in total. The molecule has 3 aliphatic rings. The predicted molar refractivity (Wildman–Crippen MR) is 266 cm³/mol. The number of allylic oxidation sites excluding steroid dienone is 8. The average Bonchev–Trinajstić information content (AvgIpc) is 3.68. The van der Waals surface area contributed by atoms with E-state index in [0.29, 0.717) is 13.1 Å². The van der Waals surface area contributed by atoms with E-state index < -0.39 is 22.8 Å². The number of benzene rings is 6. The van der Waals surface area contributed by atoms with Crippen LogP contribution in [0.3, 0.4) is 0 Å². The summed E-state index contributed by atoms with van der Waals surface area (Å²) in [4.78, 5) is 26.6. The Morgan fingerprint density at radius 2 is 1.26 bits per heavy atom. The zero-order chi connectivity index (χ0) is 45.5. The molecule has 0 spiro atoms. The van der Waals surface area contributed by atoms with Crippen molar-refractivity contribution in [1.29, 1.82) is 0 Å². The molecule has 9 rings (SSSR count). The summed E-state index contributed by atoms with van der Waals surface area (Å²) in [6, 6.07) is 42.7. The lowest BCUT2D eigenvalue weighted by molar-refractivity contribution is -0.436. The first-order chi connectivity index (χ1) is 31.4. The van der Waals surface area contributed by atoms with Gasteiger partial charge in [-0.1, -0.05) is 127 Å². The number of rotatable bonds is 13. The third kappa shape index (κ3) is 8.14. The summed E-state index contributed by atoms with van der Waals surface area (Å²) in [5.41, 5.74) is 12.7. The van der Waals surface area contributed by atoms with Crippen molar-refractivity contribution >= 4 is 62.2 Å². The van der Waals surface area contributed by atoms with Crippen molar-refractivity contribution in [3.05, 3.63) is 201 Å². The van der Waals surface area contributed by atoms with E-state index in [-0.39, 0.29) is 12.8 Å². The molecule has 2 unspecified atom stereocenters. The Bertz CT molecular complexity index is 3060. The van der Waals surface area contributed by atoms with Gasteiger partial charge in [0.15, 0.2) is 12.3 Å². The Morgan fingerprint density at radius 1 is 0.677 bits per heavy atom. The van der Waals surface area contributed by atoms with Crippen LogP contribution in [0.2, 0.25) is 0 Å². The first-order valence-corrected chi connectivity index (χ1v) is 23.2. The standard InChI is InChI=1S/C58H55ClN2O4/c1-38-14-5-7-18-44(38)36-57(3)50(60(34-32-52(62)63)48-28-24-40-16-9-11-22-46(40)54(48)57)30-26-42-20-13-21-43(56(42)59)27-31-51-58(4,37-45-19-8-6-15-39(45)2)55-47-23-12-10-17-41(47)25-29-49(55)61(51)35-33-53(64)65/h5-12,14-19,22-31H,13,20-21,32-37H2,1-4H3,(H-,62,63,64,65)/p+1. The second-order valence-electron chi connectivity index (χ2n) is 18.5. The van der Waals surface area contributed by atoms with E-state index >= 15 is 0 Å². The monoisotopic (exact) mass is 879 g/mol. The van der Waals surface area contributed by atoms with Crippen LogP contribution >= 0.6 is 11.6 Å². The fraction of sp³-hybridized carbons (Fsp3) is 0.259. The van der Waals surface area contributed by atoms with E-state index in [9.17, 15) is 19.8 Å². The number of hydrogen-bond donors (Lipinski definition) is 2. The van der Waals surface area contributed by atoms with Gasteiger partial charge in [0.2, 0.25) is 5.69 Å². The molecule has 65 heavy (non-hydrogen) atoms. The zero-order valence-electron chi connectivity index (χ0n) is 37.7. The van der Waals surface area contributed by atoms with Crippen molar-refractivity contribution in [3.63, 3.8) is 0 Å². The van der Waals surface area contributed by atoms with Crippen molar-refractivity contribution < 1.29 is 24.4 Å². The number of nitrogens with zero attached hydrogens (tertiary/aromatic N) is 2. The van der Waals surface area contributed by atoms with Crippen molar-refractivity contribution in [2.24, 2.45) is 0 Å². The lowest BCUT2D eigenvalue weighted by Gasteiger charge is -2.31. The smallest absolute Gasteiger partial charge is 0.309 e. The van der Waals surface area contributed by atoms with Gasteiger partial charge in [-0.2, -0.15) is 4.58 Å². The molecule has 0 bridgehead atoms. The van der Waals surface area contributed by atoms with Gasteiger partial charge in [0.05, 0.1) is 11.8 Å². The van der Waals surface area contributed by atoms with Crippen LogP contribution in [0.5, 0.6) is 0 Å². The number of aryl methyl sites for hydroxylation is 2. The SMILES string of the molecule is Cc1ccccc1CC1(C)C(/C=C/C2=C(Cl)C(=C/C=C3\N(CCC(=O)O)c4ccc5ccccc5c4C3(C)Cc3ccccc3C)/CCC2)=[N+](CCC(=O)O)c2ccc3ccccc3c21. The van der Waals surface area contributed by atoms with Crippen molar-refractivity contribution in [2.75, 3.05) is 18.0 Å². The van der Waals surface area contributed by atoms with E-state index in [1.165, 1.54) is 44.2 Å². The molecular formula is C58H56ClN2O4+. The van der Waals surface area contributed by atoms with Crippen LogP contribution in [0.25, 0.3) is 21.5 Å². The highest BCUT2D eigenvalue weighted by atomic mass is 35.5. The Balaban J connectivity index is 1.16. The zero-order valence-corrected chi connectivity index (χ0v) is 38.5. The highest BCUT2D eigenvalue weighted by Crippen LogP contribution is 2.53. The van der Waals surface area contributed by atoms with Crippen LogP contribution in [0, 0.1) is 13.8 Å². The Hall–Kier alpha value is -6.50. The van der Waals surface area contributed by atoms with Crippen LogP contribution in [0.15, 0.2) is 168 Å². The lowest BCUT2D eigenvalue weighted by atomic mass is 9.72. The van der Waals surface area contributed by atoms with Gasteiger partial charge in [-0.15, -0.1) is 0 Å². The summed E-state index contributed by atoms with van der Waals surface area (Å²) in [5, 5.41) is 25.3. The van der Waals surface area contributed by atoms with E-state index in [0.717, 1.165) is 81.8 Å². The summed E-state index contributed by atoms with van der Waals surface area (Å²) in [6.45, 7) is 9.63. The highest BCUT2D eigenvalue weighted by molar-refractivity contribution is 6.32. The molecule has 0 fully saturated rings. The predicted octanol–water partition coefficient (Wildman–Crippen LogP) is 13.2. The van der Waals surface area contributed by atoms with Crippen molar-refractivity contribution in [3.8, 4) is 0 Å². The van der Waals surface area contributed by atoms with Gasteiger partial charge in [-0.25, -0.2) is 0 Å². The van der Waals surface area contributed by atoms with E-state index in [4.69, 9.17) is 11.6 Å². The summed E-state index contributed by atoms with van der Waals surface area (Å²) in [5.74, 6) is -1.67. The second-order valence-corrected chi connectivity index (χ2v) is 18.9. The first-order valence-electron chi connectivity index (χ1n) is 22.9. The third-order valence-electron chi connectivity index (χ3n) is 14.3. The van der Waals surface area contributed by atoms with Gasteiger partial charge in [-0.05, 0) is 139 Å². The molecule has 6 aromatic carbocycles. The van der Waals surface area contributed by atoms with E-state index in [2.05, 4.69) is 183 Å². The third-order valence-corrected chi connectivity index (χ3v) is 14.7. The summed E-state index contributed by atoms with van der Waals surface area (Å²) in [6.07, 6.45) is 12.8. The topological polar surface area (TPSA) is 80.9 Å². The minimum Gasteiger partial charge on any atom is -0.481 e. The maximum Gasteiger partial charge on any atom is 0.309 e. The molecule has 328 valence electrons. The Morgan fingerprint density at radius 3 is 1.91 bits per heavy atom. The Labute approximate surface area is 387 Å². The number of halogens is 1. The second kappa shape index (κ2) is 17.8. The van der Waals surface area contributed by atoms with Gasteiger partial charge in [0, 0.05) is 46.1 Å². The molecule has 0 saturated heterocycles. The van der Waals surface area contributed by atoms with E-state index in [1.807, 2.05) is 0 Å². The summed E-state index contributed by atoms with van der Waals surface area (Å²) in [7, 11) is 0. The molecule has 1 aliphatic carbocycles. The van der Waals surface area contributed by atoms with Crippen molar-refractivity contribution in [1.82, 2.24) is 0 Å². The Kier molecular flexibility index (Phi) is 12.0. The van der Waals surface area contributed by atoms with Crippen LogP contribution in [-0.4, -0.2) is 45.5 Å². The number of carboxylic acid groups (broad SMARTS) is 2. The van der Waals surface area contributed by atoms with Gasteiger partial charge in [0.25, 0.3) is 0 Å². The molecule has 6 aromatic rings. The molecule has 0 aromatic heterocycles. The van der Waals surface area contributed by atoms with Crippen molar-refractivity contribution in [2.45, 2.75) is 83.5 Å². The molecule has 2 N–H and O–H groups in total.